The highest BCUT2D eigenvalue weighted by Crippen LogP contribution is 2.35. The van der Waals surface area contributed by atoms with Gasteiger partial charge in [0.05, 0.1) is 11.2 Å². The van der Waals surface area contributed by atoms with E-state index in [1.807, 2.05) is 31.2 Å². The molecule has 1 N–H and O–H groups in total. The van der Waals surface area contributed by atoms with E-state index in [2.05, 4.69) is 40.5 Å². The predicted molar refractivity (Wildman–Crippen MR) is 108 cm³/mol. The van der Waals surface area contributed by atoms with Crippen molar-refractivity contribution >= 4 is 16.7 Å². The highest BCUT2D eigenvalue weighted by molar-refractivity contribution is 5.97. The maximum absolute atomic E-state index is 11.6. The molecule has 0 saturated heterocycles. The number of nitrogens with zero attached hydrogens (tertiary/aromatic N) is 2. The number of aromatic nitrogens is 3. The summed E-state index contributed by atoms with van der Waals surface area (Å²) >= 11 is 0. The fourth-order valence-electron chi connectivity index (χ4n) is 3.57. The number of hydrogen-bond acceptors (Lipinski definition) is 3. The van der Waals surface area contributed by atoms with Gasteiger partial charge in [-0.15, -0.1) is 0 Å². The Kier molecular flexibility index (Phi) is 4.55. The second-order valence-corrected chi connectivity index (χ2v) is 6.82. The number of Topliss-reactive ketones (excluding diaryl/α,β-unsaturated/α-hetero) is 1. The summed E-state index contributed by atoms with van der Waals surface area (Å²) in [6.07, 6.45) is 2.98. The van der Waals surface area contributed by atoms with E-state index >= 15 is 0 Å². The van der Waals surface area contributed by atoms with Gasteiger partial charge in [-0.1, -0.05) is 36.4 Å². The van der Waals surface area contributed by atoms with Crippen LogP contribution in [0.1, 0.15) is 24.6 Å². The lowest BCUT2D eigenvalue weighted by Crippen LogP contribution is -2.02. The minimum atomic E-state index is 0.194. The van der Waals surface area contributed by atoms with Crippen LogP contribution in [0, 0.1) is 6.92 Å². The van der Waals surface area contributed by atoms with Crippen molar-refractivity contribution in [2.24, 2.45) is 0 Å². The van der Waals surface area contributed by atoms with Gasteiger partial charge in [0.15, 0.2) is 0 Å². The van der Waals surface area contributed by atoms with E-state index in [-0.39, 0.29) is 5.78 Å². The Balaban J connectivity index is 1.95. The number of nitrogens with one attached hydrogen (secondary N) is 1. The standard InChI is InChI=1S/C23H21N3O/c1-15(27)10-11-19-16(2)25-22-9-4-3-8-20(22)23(19)18-7-5-6-17(14-18)21-12-13-24-26-21/h3-9,12-14H,10-11H2,1-2H3,(H,24,26). The second kappa shape index (κ2) is 7.16. The van der Waals surface area contributed by atoms with Crippen molar-refractivity contribution in [3.8, 4) is 22.4 Å². The van der Waals surface area contributed by atoms with Gasteiger partial charge >= 0.3 is 0 Å². The highest BCUT2D eigenvalue weighted by Gasteiger charge is 2.15. The highest BCUT2D eigenvalue weighted by atomic mass is 16.1. The number of benzene rings is 2. The molecule has 2 aromatic carbocycles. The van der Waals surface area contributed by atoms with Gasteiger partial charge in [-0.05, 0) is 55.2 Å². The predicted octanol–water partition coefficient (Wildman–Crippen LogP) is 5.12. The molecule has 0 aliphatic carbocycles. The van der Waals surface area contributed by atoms with Crippen molar-refractivity contribution in [1.82, 2.24) is 15.2 Å². The zero-order chi connectivity index (χ0) is 18.8. The minimum Gasteiger partial charge on any atom is -0.300 e. The van der Waals surface area contributed by atoms with Gasteiger partial charge in [0.1, 0.15) is 5.78 Å². The molecule has 0 aliphatic rings. The number of fused-ring (bicyclic) bond motifs is 1. The van der Waals surface area contributed by atoms with Crippen molar-refractivity contribution in [3.05, 3.63) is 72.1 Å². The minimum absolute atomic E-state index is 0.194. The van der Waals surface area contributed by atoms with Crippen LogP contribution < -0.4 is 0 Å². The van der Waals surface area contributed by atoms with Gasteiger partial charge < -0.3 is 4.79 Å². The lowest BCUT2D eigenvalue weighted by atomic mass is 9.90. The van der Waals surface area contributed by atoms with Crippen molar-refractivity contribution < 1.29 is 4.79 Å². The van der Waals surface area contributed by atoms with Gasteiger partial charge in [0.25, 0.3) is 0 Å². The number of carbonyl (C=O) groups is 1. The molecule has 0 bridgehead atoms. The average molecular weight is 355 g/mol. The number of rotatable bonds is 5. The molecular weight excluding hydrogens is 334 g/mol. The number of carbonyl (C=O) groups excluding carboxylic acids is 1. The van der Waals surface area contributed by atoms with Gasteiger partial charge in [-0.3, -0.25) is 10.1 Å². The van der Waals surface area contributed by atoms with E-state index < -0.39 is 0 Å². The van der Waals surface area contributed by atoms with Crippen LogP contribution in [-0.2, 0) is 11.2 Å². The Morgan fingerprint density at radius 3 is 2.63 bits per heavy atom. The number of ketones is 1. The maximum Gasteiger partial charge on any atom is 0.130 e. The van der Waals surface area contributed by atoms with Crippen molar-refractivity contribution in [2.75, 3.05) is 0 Å². The Bertz CT molecular complexity index is 1110. The number of aromatic amines is 1. The van der Waals surface area contributed by atoms with E-state index in [4.69, 9.17) is 4.98 Å². The maximum atomic E-state index is 11.6. The molecule has 0 unspecified atom stereocenters. The number of hydrogen-bond donors (Lipinski definition) is 1. The fraction of sp³-hybridized carbons (Fsp3) is 0.174. The van der Waals surface area contributed by atoms with Crippen LogP contribution in [-0.4, -0.2) is 21.0 Å². The van der Waals surface area contributed by atoms with Gasteiger partial charge in [0, 0.05) is 29.3 Å². The molecule has 2 aromatic heterocycles. The van der Waals surface area contributed by atoms with Crippen LogP contribution in [0.2, 0.25) is 0 Å². The van der Waals surface area contributed by atoms with Crippen molar-refractivity contribution in [3.63, 3.8) is 0 Å². The fourth-order valence-corrected chi connectivity index (χ4v) is 3.57. The lowest BCUT2D eigenvalue weighted by Gasteiger charge is -2.16. The first-order valence-electron chi connectivity index (χ1n) is 9.11. The van der Waals surface area contributed by atoms with E-state index in [9.17, 15) is 4.79 Å². The van der Waals surface area contributed by atoms with Gasteiger partial charge in [-0.2, -0.15) is 5.10 Å². The smallest absolute Gasteiger partial charge is 0.130 e. The Labute approximate surface area is 158 Å². The molecule has 134 valence electrons. The van der Waals surface area contributed by atoms with Crippen LogP contribution in [0.4, 0.5) is 0 Å². The van der Waals surface area contributed by atoms with Crippen LogP contribution in [0.15, 0.2) is 60.8 Å². The molecule has 4 aromatic rings. The molecule has 0 atom stereocenters. The molecule has 0 saturated carbocycles. The summed E-state index contributed by atoms with van der Waals surface area (Å²) in [6, 6.07) is 18.6. The quantitative estimate of drug-likeness (QED) is 0.540. The van der Waals surface area contributed by atoms with E-state index in [1.165, 1.54) is 5.56 Å². The molecule has 27 heavy (non-hydrogen) atoms. The summed E-state index contributed by atoms with van der Waals surface area (Å²) in [5, 5.41) is 8.20. The number of aryl methyl sites for hydroxylation is 1. The lowest BCUT2D eigenvalue weighted by molar-refractivity contribution is -0.116. The molecule has 4 heteroatoms. The third kappa shape index (κ3) is 3.38. The summed E-state index contributed by atoms with van der Waals surface area (Å²) in [7, 11) is 0. The summed E-state index contributed by atoms with van der Waals surface area (Å²) < 4.78 is 0. The molecule has 4 nitrogen and oxygen atoms in total. The first kappa shape index (κ1) is 17.2. The summed E-state index contributed by atoms with van der Waals surface area (Å²) in [6.45, 7) is 3.67. The molecule has 0 aliphatic heterocycles. The first-order chi connectivity index (χ1) is 13.1. The third-order valence-corrected chi connectivity index (χ3v) is 4.89. The molecule has 4 rings (SSSR count). The summed E-state index contributed by atoms with van der Waals surface area (Å²) in [4.78, 5) is 16.4. The van der Waals surface area contributed by atoms with Gasteiger partial charge in [0.2, 0.25) is 0 Å². The monoisotopic (exact) mass is 355 g/mol. The van der Waals surface area contributed by atoms with E-state index in [0.29, 0.717) is 12.8 Å². The van der Waals surface area contributed by atoms with Crippen LogP contribution in [0.5, 0.6) is 0 Å². The number of pyridine rings is 1. The number of H-pyrrole nitrogens is 1. The largest absolute Gasteiger partial charge is 0.300 e. The Morgan fingerprint density at radius 1 is 1.04 bits per heavy atom. The van der Waals surface area contributed by atoms with Crippen molar-refractivity contribution in [2.45, 2.75) is 26.7 Å². The van der Waals surface area contributed by atoms with Crippen LogP contribution in [0.3, 0.4) is 0 Å². The molecular formula is C23H21N3O. The van der Waals surface area contributed by atoms with E-state index in [1.54, 1.807) is 13.1 Å². The topological polar surface area (TPSA) is 58.6 Å². The SMILES string of the molecule is CC(=O)CCc1c(C)nc2ccccc2c1-c1cccc(-c2ccn[nH]2)c1. The summed E-state index contributed by atoms with van der Waals surface area (Å²) in [5.41, 5.74) is 7.47. The molecule has 0 spiro atoms. The second-order valence-electron chi connectivity index (χ2n) is 6.82. The average Bonchev–Trinajstić information content (AvgIpc) is 3.21. The Hall–Kier alpha value is -3.27. The molecule has 0 amide bonds. The van der Waals surface area contributed by atoms with Crippen LogP contribution >= 0.6 is 0 Å². The van der Waals surface area contributed by atoms with Crippen LogP contribution in [0.25, 0.3) is 33.3 Å². The zero-order valence-electron chi connectivity index (χ0n) is 15.5. The Morgan fingerprint density at radius 2 is 1.85 bits per heavy atom. The molecule has 2 heterocycles. The summed E-state index contributed by atoms with van der Waals surface area (Å²) in [5.74, 6) is 0.194. The van der Waals surface area contributed by atoms with Crippen molar-refractivity contribution in [1.29, 1.82) is 0 Å². The number of para-hydroxylation sites is 1. The molecule has 0 radical (unpaired) electrons. The molecule has 0 fully saturated rings. The zero-order valence-corrected chi connectivity index (χ0v) is 15.5. The first-order valence-corrected chi connectivity index (χ1v) is 9.11. The normalized spacial score (nSPS) is 11.0. The third-order valence-electron chi connectivity index (χ3n) is 4.89. The van der Waals surface area contributed by atoms with Gasteiger partial charge in [-0.25, -0.2) is 0 Å². The van der Waals surface area contributed by atoms with E-state index in [0.717, 1.165) is 39.0 Å².